The normalized spacial score (nSPS) is 19.8. The molecule has 4 rings (SSSR count). The molecule has 180 valence electrons. The van der Waals surface area contributed by atoms with E-state index in [1.165, 1.54) is 0 Å². The molecule has 2 unspecified atom stereocenters. The van der Waals surface area contributed by atoms with E-state index in [0.717, 1.165) is 22.3 Å². The lowest BCUT2D eigenvalue weighted by molar-refractivity contribution is -0.150. The number of hydrogen-bond donors (Lipinski definition) is 2. The Labute approximate surface area is 200 Å². The summed E-state index contributed by atoms with van der Waals surface area (Å²) in [4.78, 5) is 38.7. The lowest BCUT2D eigenvalue weighted by Gasteiger charge is -2.39. The van der Waals surface area contributed by atoms with Gasteiger partial charge in [0, 0.05) is 25.6 Å². The van der Waals surface area contributed by atoms with Crippen LogP contribution in [-0.2, 0) is 14.3 Å². The largest absolute Gasteiger partial charge is 0.481 e. The Balaban J connectivity index is 1.33. The maximum absolute atomic E-state index is 13.1. The van der Waals surface area contributed by atoms with Gasteiger partial charge in [0.25, 0.3) is 0 Å². The maximum Gasteiger partial charge on any atom is 0.407 e. The molecule has 1 aliphatic heterocycles. The first kappa shape index (κ1) is 23.8. The van der Waals surface area contributed by atoms with Crippen molar-refractivity contribution in [1.29, 1.82) is 0 Å². The van der Waals surface area contributed by atoms with Crippen LogP contribution in [0.4, 0.5) is 4.79 Å². The summed E-state index contributed by atoms with van der Waals surface area (Å²) in [6.45, 7) is 6.46. The van der Waals surface area contributed by atoms with Crippen LogP contribution in [0.3, 0.4) is 0 Å². The van der Waals surface area contributed by atoms with Crippen LogP contribution >= 0.6 is 0 Å². The minimum atomic E-state index is -0.880. The van der Waals surface area contributed by atoms with Crippen LogP contribution in [0.15, 0.2) is 48.5 Å². The number of nitrogens with zero attached hydrogens (tertiary/aromatic N) is 1. The number of carboxylic acids is 1. The molecule has 2 N–H and O–H groups in total. The predicted molar refractivity (Wildman–Crippen MR) is 128 cm³/mol. The summed E-state index contributed by atoms with van der Waals surface area (Å²) >= 11 is 0. The quantitative estimate of drug-likeness (QED) is 0.670. The Morgan fingerprint density at radius 2 is 1.65 bits per heavy atom. The van der Waals surface area contributed by atoms with E-state index in [4.69, 9.17) is 4.74 Å². The molecule has 0 bridgehead atoms. The van der Waals surface area contributed by atoms with Crippen molar-refractivity contribution in [1.82, 2.24) is 10.2 Å². The van der Waals surface area contributed by atoms with Crippen LogP contribution in [0.1, 0.15) is 44.2 Å². The number of carboxylic acid groups (broad SMARTS) is 1. The zero-order valence-electron chi connectivity index (χ0n) is 19.9. The molecule has 0 aromatic heterocycles. The second-order valence-corrected chi connectivity index (χ2v) is 10.0. The van der Waals surface area contributed by atoms with Crippen molar-refractivity contribution in [3.63, 3.8) is 0 Å². The zero-order chi connectivity index (χ0) is 24.5. The van der Waals surface area contributed by atoms with E-state index < -0.39 is 23.4 Å². The second kappa shape index (κ2) is 9.49. The molecule has 2 aromatic carbocycles. The van der Waals surface area contributed by atoms with Gasteiger partial charge in [0.05, 0.1) is 11.3 Å². The zero-order valence-corrected chi connectivity index (χ0v) is 19.9. The van der Waals surface area contributed by atoms with Gasteiger partial charge in [-0.2, -0.15) is 0 Å². The van der Waals surface area contributed by atoms with Crippen molar-refractivity contribution in [3.05, 3.63) is 59.7 Å². The number of nitrogens with one attached hydrogen (secondary N) is 1. The molecule has 2 atom stereocenters. The lowest BCUT2D eigenvalue weighted by atomic mass is 9.84. The minimum absolute atomic E-state index is 0.0311. The number of piperidine rings is 1. The molecular weight excluding hydrogens is 432 g/mol. The third-order valence-electron chi connectivity index (χ3n) is 7.16. The van der Waals surface area contributed by atoms with E-state index in [-0.39, 0.29) is 37.4 Å². The molecule has 2 aliphatic rings. The smallest absolute Gasteiger partial charge is 0.407 e. The fourth-order valence-electron chi connectivity index (χ4n) is 5.02. The Kier molecular flexibility index (Phi) is 6.64. The first-order chi connectivity index (χ1) is 16.2. The first-order valence-corrected chi connectivity index (χ1v) is 11.8. The summed E-state index contributed by atoms with van der Waals surface area (Å²) < 4.78 is 5.57. The first-order valence-electron chi connectivity index (χ1n) is 11.8. The van der Waals surface area contributed by atoms with E-state index in [0.29, 0.717) is 13.0 Å². The highest BCUT2D eigenvalue weighted by Crippen LogP contribution is 2.44. The molecule has 7 heteroatoms. The SMILES string of the molecule is CC1CCN(C(=O)C(C)(C)CNC(=O)OCC2c3ccccc3-c3ccccc32)CC1C(=O)O. The number of hydrogen-bond acceptors (Lipinski definition) is 4. The second-order valence-electron chi connectivity index (χ2n) is 10.0. The third kappa shape index (κ3) is 4.65. The van der Waals surface area contributed by atoms with Crippen molar-refractivity contribution in [3.8, 4) is 11.1 Å². The summed E-state index contributed by atoms with van der Waals surface area (Å²) in [6, 6.07) is 16.3. The van der Waals surface area contributed by atoms with Crippen molar-refractivity contribution in [2.75, 3.05) is 26.2 Å². The fourth-order valence-corrected chi connectivity index (χ4v) is 5.02. The van der Waals surface area contributed by atoms with Gasteiger partial charge in [0.1, 0.15) is 6.61 Å². The molecular formula is C27H32N2O5. The summed E-state index contributed by atoms with van der Waals surface area (Å²) in [7, 11) is 0. The maximum atomic E-state index is 13.1. The van der Waals surface area contributed by atoms with Gasteiger partial charge in [-0.05, 0) is 48.4 Å². The molecule has 0 saturated carbocycles. The standard InChI is InChI=1S/C27H32N2O5/c1-17-12-13-29(14-22(17)24(30)31)25(32)27(2,3)16-28-26(33)34-15-23-20-10-6-4-8-18(20)19-9-5-7-11-21(19)23/h4-11,17,22-23H,12-16H2,1-3H3,(H,28,33)(H,30,31). The van der Waals surface area contributed by atoms with Crippen LogP contribution in [0, 0.1) is 17.3 Å². The highest BCUT2D eigenvalue weighted by atomic mass is 16.5. The highest BCUT2D eigenvalue weighted by molar-refractivity contribution is 5.84. The Hall–Kier alpha value is -3.35. The number of carbonyl (C=O) groups is 3. The number of carbonyl (C=O) groups excluding carboxylic acids is 2. The molecule has 2 amide bonds. The number of benzene rings is 2. The van der Waals surface area contributed by atoms with Crippen LogP contribution in [0.25, 0.3) is 11.1 Å². The number of alkyl carbamates (subject to hydrolysis) is 1. The molecule has 1 aliphatic carbocycles. The molecule has 0 radical (unpaired) electrons. The molecule has 34 heavy (non-hydrogen) atoms. The monoisotopic (exact) mass is 464 g/mol. The van der Waals surface area contributed by atoms with Gasteiger partial charge in [-0.1, -0.05) is 55.5 Å². The number of rotatable bonds is 6. The van der Waals surface area contributed by atoms with Crippen molar-refractivity contribution >= 4 is 18.0 Å². The molecule has 7 nitrogen and oxygen atoms in total. The summed E-state index contributed by atoms with van der Waals surface area (Å²) in [5, 5.41) is 12.2. The van der Waals surface area contributed by atoms with Gasteiger partial charge in [0.15, 0.2) is 0 Å². The average molecular weight is 465 g/mol. The van der Waals surface area contributed by atoms with E-state index in [1.54, 1.807) is 18.7 Å². The van der Waals surface area contributed by atoms with Gasteiger partial charge in [-0.15, -0.1) is 0 Å². The van der Waals surface area contributed by atoms with Crippen molar-refractivity contribution < 1.29 is 24.2 Å². The van der Waals surface area contributed by atoms with Gasteiger partial charge >= 0.3 is 12.1 Å². The fraction of sp³-hybridized carbons (Fsp3) is 0.444. The van der Waals surface area contributed by atoms with Crippen LogP contribution in [0.5, 0.6) is 0 Å². The predicted octanol–water partition coefficient (Wildman–Crippen LogP) is 4.12. The minimum Gasteiger partial charge on any atom is -0.481 e. The van der Waals surface area contributed by atoms with Crippen molar-refractivity contribution in [2.24, 2.45) is 17.3 Å². The van der Waals surface area contributed by atoms with Crippen LogP contribution in [0.2, 0.25) is 0 Å². The number of fused-ring (bicyclic) bond motifs is 3. The van der Waals surface area contributed by atoms with Gasteiger partial charge < -0.3 is 20.1 Å². The molecule has 1 saturated heterocycles. The van der Waals surface area contributed by atoms with Gasteiger partial charge in [-0.3, -0.25) is 9.59 Å². The number of ether oxygens (including phenoxy) is 1. The molecule has 2 aromatic rings. The van der Waals surface area contributed by atoms with Gasteiger partial charge in [-0.25, -0.2) is 4.79 Å². The third-order valence-corrected chi connectivity index (χ3v) is 7.16. The van der Waals surface area contributed by atoms with Crippen LogP contribution < -0.4 is 5.32 Å². The summed E-state index contributed by atoms with van der Waals surface area (Å²) in [5.74, 6) is -1.60. The molecule has 1 fully saturated rings. The van der Waals surface area contributed by atoms with E-state index in [1.807, 2.05) is 31.2 Å². The van der Waals surface area contributed by atoms with Crippen LogP contribution in [-0.4, -0.2) is 54.2 Å². The van der Waals surface area contributed by atoms with E-state index in [2.05, 4.69) is 29.6 Å². The average Bonchev–Trinajstić information content (AvgIpc) is 3.15. The Morgan fingerprint density at radius 3 is 2.24 bits per heavy atom. The Morgan fingerprint density at radius 1 is 1.06 bits per heavy atom. The molecule has 1 heterocycles. The number of likely N-dealkylation sites (tertiary alicyclic amines) is 1. The van der Waals surface area contributed by atoms with E-state index in [9.17, 15) is 19.5 Å². The number of aliphatic carboxylic acids is 1. The Bertz CT molecular complexity index is 1050. The van der Waals surface area contributed by atoms with Crippen molar-refractivity contribution in [2.45, 2.75) is 33.1 Å². The highest BCUT2D eigenvalue weighted by Gasteiger charge is 2.39. The molecule has 0 spiro atoms. The number of amides is 2. The lowest BCUT2D eigenvalue weighted by Crippen LogP contribution is -2.52. The topological polar surface area (TPSA) is 95.9 Å². The summed E-state index contributed by atoms with van der Waals surface area (Å²) in [5.41, 5.74) is 3.72. The van der Waals surface area contributed by atoms with E-state index >= 15 is 0 Å². The van der Waals surface area contributed by atoms with Gasteiger partial charge in [0.2, 0.25) is 5.91 Å². The summed E-state index contributed by atoms with van der Waals surface area (Å²) in [6.07, 6.45) is 0.0805.